The molecule has 15 heavy (non-hydrogen) atoms. The topological polar surface area (TPSA) is 55.6 Å². The highest BCUT2D eigenvalue weighted by molar-refractivity contribution is 5.52. The molecule has 0 aromatic carbocycles. The molecule has 0 aliphatic rings. The van der Waals surface area contributed by atoms with Crippen LogP contribution < -0.4 is 5.32 Å². The van der Waals surface area contributed by atoms with Crippen LogP contribution in [0.15, 0.2) is 31.2 Å². The summed E-state index contributed by atoms with van der Waals surface area (Å²) >= 11 is 0. The minimum atomic E-state index is 0.542. The molecule has 5 nitrogen and oxygen atoms in total. The van der Waals surface area contributed by atoms with Crippen molar-refractivity contribution in [3.63, 3.8) is 0 Å². The van der Waals surface area contributed by atoms with E-state index in [-0.39, 0.29) is 0 Å². The average Bonchev–Trinajstić information content (AvgIpc) is 2.64. The number of hydrogen-bond donors (Lipinski definition) is 1. The summed E-state index contributed by atoms with van der Waals surface area (Å²) in [5, 5.41) is 7.08. The first kappa shape index (κ1) is 9.39. The predicted molar refractivity (Wildman–Crippen MR) is 58.6 cm³/mol. The number of nitrogens with zero attached hydrogens (tertiary/aromatic N) is 4. The number of aromatic nitrogens is 4. The SMILES string of the molecule is C=Cc1ccnc(Nc2cnn(C)c2)n1. The van der Waals surface area contributed by atoms with E-state index >= 15 is 0 Å². The molecule has 2 heterocycles. The zero-order valence-corrected chi connectivity index (χ0v) is 8.38. The summed E-state index contributed by atoms with van der Waals surface area (Å²) in [6.45, 7) is 3.65. The van der Waals surface area contributed by atoms with Gasteiger partial charge in [0.1, 0.15) is 0 Å². The van der Waals surface area contributed by atoms with E-state index in [0.717, 1.165) is 11.4 Å². The van der Waals surface area contributed by atoms with Gasteiger partial charge in [-0.2, -0.15) is 5.10 Å². The fourth-order valence-corrected chi connectivity index (χ4v) is 1.16. The van der Waals surface area contributed by atoms with E-state index in [1.165, 1.54) is 0 Å². The summed E-state index contributed by atoms with van der Waals surface area (Å²) < 4.78 is 1.71. The number of anilines is 2. The third-order valence-corrected chi connectivity index (χ3v) is 1.85. The Bertz CT molecular complexity index is 474. The van der Waals surface area contributed by atoms with Crippen LogP contribution in [0.3, 0.4) is 0 Å². The first-order chi connectivity index (χ1) is 7.28. The van der Waals surface area contributed by atoms with Crippen LogP contribution in [0, 0.1) is 0 Å². The minimum absolute atomic E-state index is 0.542. The molecule has 0 saturated heterocycles. The van der Waals surface area contributed by atoms with Gasteiger partial charge in [0.15, 0.2) is 0 Å². The Morgan fingerprint density at radius 2 is 2.40 bits per heavy atom. The first-order valence-electron chi connectivity index (χ1n) is 4.49. The number of nitrogens with one attached hydrogen (secondary N) is 1. The van der Waals surface area contributed by atoms with Gasteiger partial charge >= 0.3 is 0 Å². The summed E-state index contributed by atoms with van der Waals surface area (Å²) in [6.07, 6.45) is 6.92. The fraction of sp³-hybridized carbons (Fsp3) is 0.100. The van der Waals surface area contributed by atoms with Gasteiger partial charge in [-0.25, -0.2) is 9.97 Å². The Balaban J connectivity index is 2.20. The van der Waals surface area contributed by atoms with Crippen LogP contribution in [0.1, 0.15) is 5.69 Å². The van der Waals surface area contributed by atoms with E-state index in [9.17, 15) is 0 Å². The van der Waals surface area contributed by atoms with Crippen LogP contribution in [0.4, 0.5) is 11.6 Å². The normalized spacial score (nSPS) is 9.93. The third kappa shape index (κ3) is 2.19. The molecule has 0 unspecified atom stereocenters. The van der Waals surface area contributed by atoms with E-state index in [4.69, 9.17) is 0 Å². The molecule has 0 spiro atoms. The Kier molecular flexibility index (Phi) is 2.45. The molecule has 5 heteroatoms. The molecule has 0 amide bonds. The highest BCUT2D eigenvalue weighted by Gasteiger charge is 1.99. The van der Waals surface area contributed by atoms with Crippen LogP contribution >= 0.6 is 0 Å². The van der Waals surface area contributed by atoms with Gasteiger partial charge in [0.25, 0.3) is 0 Å². The van der Waals surface area contributed by atoms with E-state index in [2.05, 4.69) is 27.0 Å². The third-order valence-electron chi connectivity index (χ3n) is 1.85. The van der Waals surface area contributed by atoms with Gasteiger partial charge in [-0.3, -0.25) is 4.68 Å². The van der Waals surface area contributed by atoms with Crippen LogP contribution in [0.2, 0.25) is 0 Å². The van der Waals surface area contributed by atoms with Crippen LogP contribution in [0.25, 0.3) is 6.08 Å². The maximum Gasteiger partial charge on any atom is 0.227 e. The standard InChI is InChI=1S/C10H11N5/c1-3-8-4-5-11-10(13-8)14-9-6-12-15(2)7-9/h3-7H,1H2,2H3,(H,11,13,14). The maximum atomic E-state index is 4.22. The van der Waals surface area contributed by atoms with Crippen molar-refractivity contribution in [2.24, 2.45) is 7.05 Å². The smallest absolute Gasteiger partial charge is 0.227 e. The quantitative estimate of drug-likeness (QED) is 0.819. The van der Waals surface area contributed by atoms with Crippen molar-refractivity contribution in [3.05, 3.63) is 36.9 Å². The Labute approximate surface area is 87.5 Å². The van der Waals surface area contributed by atoms with E-state index < -0.39 is 0 Å². The summed E-state index contributed by atoms with van der Waals surface area (Å²) in [4.78, 5) is 8.30. The lowest BCUT2D eigenvalue weighted by atomic mass is 10.4. The van der Waals surface area contributed by atoms with Crippen LogP contribution in [0.5, 0.6) is 0 Å². The molecular formula is C10H11N5. The second kappa shape index (κ2) is 3.91. The molecule has 76 valence electrons. The number of aryl methyl sites for hydroxylation is 1. The molecule has 0 radical (unpaired) electrons. The number of hydrogen-bond acceptors (Lipinski definition) is 4. The number of rotatable bonds is 3. The first-order valence-corrected chi connectivity index (χ1v) is 4.49. The summed E-state index contributed by atoms with van der Waals surface area (Å²) in [5.74, 6) is 0.542. The molecule has 0 atom stereocenters. The van der Waals surface area contributed by atoms with Gasteiger partial charge < -0.3 is 5.32 Å². The summed E-state index contributed by atoms with van der Waals surface area (Å²) in [5.41, 5.74) is 1.65. The van der Waals surface area contributed by atoms with Gasteiger partial charge in [0.2, 0.25) is 5.95 Å². The second-order valence-corrected chi connectivity index (χ2v) is 3.04. The van der Waals surface area contributed by atoms with Gasteiger partial charge in [-0.05, 0) is 12.1 Å². The van der Waals surface area contributed by atoms with Crippen molar-refractivity contribution >= 4 is 17.7 Å². The lowest BCUT2D eigenvalue weighted by Crippen LogP contribution is -1.96. The highest BCUT2D eigenvalue weighted by Crippen LogP contribution is 2.10. The molecule has 2 aromatic heterocycles. The molecule has 2 rings (SSSR count). The average molecular weight is 201 g/mol. The van der Waals surface area contributed by atoms with Crippen molar-refractivity contribution in [1.82, 2.24) is 19.7 Å². The molecule has 1 N–H and O–H groups in total. The molecule has 0 aliphatic carbocycles. The van der Waals surface area contributed by atoms with Crippen molar-refractivity contribution in [2.45, 2.75) is 0 Å². The van der Waals surface area contributed by atoms with E-state index in [1.54, 1.807) is 29.2 Å². The second-order valence-electron chi connectivity index (χ2n) is 3.04. The largest absolute Gasteiger partial charge is 0.321 e. The molecular weight excluding hydrogens is 190 g/mol. The minimum Gasteiger partial charge on any atom is -0.321 e. The predicted octanol–water partition coefficient (Wildman–Crippen LogP) is 1.60. The van der Waals surface area contributed by atoms with Crippen molar-refractivity contribution in [2.75, 3.05) is 5.32 Å². The van der Waals surface area contributed by atoms with Crippen LogP contribution in [-0.2, 0) is 7.05 Å². The monoisotopic (exact) mass is 201 g/mol. The van der Waals surface area contributed by atoms with Crippen molar-refractivity contribution in [3.8, 4) is 0 Å². The van der Waals surface area contributed by atoms with Gasteiger partial charge in [-0.15, -0.1) is 0 Å². The lowest BCUT2D eigenvalue weighted by molar-refractivity contribution is 0.768. The van der Waals surface area contributed by atoms with Crippen LogP contribution in [-0.4, -0.2) is 19.7 Å². The van der Waals surface area contributed by atoms with Gasteiger partial charge in [0, 0.05) is 19.4 Å². The highest BCUT2D eigenvalue weighted by atomic mass is 15.3. The summed E-state index contributed by atoms with van der Waals surface area (Å²) in [6, 6.07) is 1.79. The van der Waals surface area contributed by atoms with Crippen molar-refractivity contribution in [1.29, 1.82) is 0 Å². The fourth-order valence-electron chi connectivity index (χ4n) is 1.16. The maximum absolute atomic E-state index is 4.22. The Morgan fingerprint density at radius 1 is 1.53 bits per heavy atom. The summed E-state index contributed by atoms with van der Waals surface area (Å²) in [7, 11) is 1.85. The Hall–Kier alpha value is -2.17. The molecule has 2 aromatic rings. The van der Waals surface area contributed by atoms with Crippen molar-refractivity contribution < 1.29 is 0 Å². The van der Waals surface area contributed by atoms with Gasteiger partial charge in [-0.1, -0.05) is 6.58 Å². The molecule has 0 fully saturated rings. The zero-order valence-electron chi connectivity index (χ0n) is 8.38. The zero-order chi connectivity index (χ0) is 10.7. The van der Waals surface area contributed by atoms with E-state index in [1.807, 2.05) is 13.2 Å². The Morgan fingerprint density at radius 3 is 3.07 bits per heavy atom. The molecule has 0 bridgehead atoms. The lowest BCUT2D eigenvalue weighted by Gasteiger charge is -2.01. The molecule has 0 saturated carbocycles. The van der Waals surface area contributed by atoms with E-state index in [0.29, 0.717) is 5.95 Å². The van der Waals surface area contributed by atoms with Gasteiger partial charge in [0.05, 0.1) is 17.6 Å². The molecule has 0 aliphatic heterocycles.